The molecular formula is C29H31F3N6O3. The molecule has 2 aliphatic rings. The molecule has 2 saturated heterocycles. The molecule has 5 heterocycles. The van der Waals surface area contributed by atoms with Crippen LogP contribution >= 0.6 is 0 Å². The van der Waals surface area contributed by atoms with Gasteiger partial charge < -0.3 is 14.8 Å². The SMILES string of the molecule is CC(C)(C)OC(=O)N([C@H]1CCNC1)[C@H](c1ccc2nnc(-c3ccc4ccc(C5COC5)cc4n3)n2c1)C(F)(F)F. The Morgan fingerprint density at radius 1 is 1.12 bits per heavy atom. The molecule has 2 fully saturated rings. The van der Waals surface area contributed by atoms with Crippen molar-refractivity contribution in [3.8, 4) is 11.5 Å². The second kappa shape index (κ2) is 10.3. The number of carbonyl (C=O) groups is 1. The van der Waals surface area contributed by atoms with Gasteiger partial charge in [0.2, 0.25) is 0 Å². The van der Waals surface area contributed by atoms with Crippen LogP contribution in [0.5, 0.6) is 0 Å². The summed E-state index contributed by atoms with van der Waals surface area (Å²) in [5.74, 6) is 0.622. The molecule has 6 rings (SSSR count). The van der Waals surface area contributed by atoms with Gasteiger partial charge in [0.25, 0.3) is 0 Å². The first-order valence-corrected chi connectivity index (χ1v) is 13.6. The summed E-state index contributed by atoms with van der Waals surface area (Å²) in [6, 6.07) is 9.63. The largest absolute Gasteiger partial charge is 0.444 e. The van der Waals surface area contributed by atoms with Crippen LogP contribution in [-0.4, -0.2) is 74.7 Å². The number of rotatable bonds is 5. The van der Waals surface area contributed by atoms with Crippen molar-refractivity contribution in [1.82, 2.24) is 29.8 Å². The lowest BCUT2D eigenvalue weighted by molar-refractivity contribution is -0.188. The first-order valence-electron chi connectivity index (χ1n) is 13.6. The van der Waals surface area contributed by atoms with E-state index in [2.05, 4.69) is 21.6 Å². The fourth-order valence-electron chi connectivity index (χ4n) is 5.35. The van der Waals surface area contributed by atoms with Gasteiger partial charge in [-0.3, -0.25) is 9.30 Å². The number of pyridine rings is 2. The average Bonchev–Trinajstić information content (AvgIpc) is 3.54. The summed E-state index contributed by atoms with van der Waals surface area (Å²) in [7, 11) is 0. The highest BCUT2D eigenvalue weighted by Gasteiger charge is 2.50. The lowest BCUT2D eigenvalue weighted by atomic mass is 9.96. The molecule has 0 saturated carbocycles. The van der Waals surface area contributed by atoms with Crippen LogP contribution in [0.25, 0.3) is 28.1 Å². The van der Waals surface area contributed by atoms with E-state index in [1.165, 1.54) is 22.7 Å². The van der Waals surface area contributed by atoms with Crippen LogP contribution in [0.4, 0.5) is 18.0 Å². The Kier molecular flexibility index (Phi) is 6.85. The lowest BCUT2D eigenvalue weighted by Crippen LogP contribution is -2.50. The van der Waals surface area contributed by atoms with Gasteiger partial charge in [0.1, 0.15) is 11.3 Å². The highest BCUT2D eigenvalue weighted by atomic mass is 19.4. The molecule has 1 aromatic carbocycles. The number of alkyl halides is 3. The highest BCUT2D eigenvalue weighted by molar-refractivity contribution is 5.82. The molecule has 1 N–H and O–H groups in total. The first kappa shape index (κ1) is 27.4. The Morgan fingerprint density at radius 2 is 1.90 bits per heavy atom. The molecule has 0 bridgehead atoms. The molecule has 0 unspecified atom stereocenters. The first-order chi connectivity index (χ1) is 19.5. The molecule has 4 aromatic rings. The number of nitrogens with zero attached hydrogens (tertiary/aromatic N) is 5. The van der Waals surface area contributed by atoms with Gasteiger partial charge in [-0.1, -0.05) is 24.3 Å². The molecule has 2 atom stereocenters. The zero-order valence-electron chi connectivity index (χ0n) is 23.0. The number of benzene rings is 1. The Balaban J connectivity index is 1.42. The number of hydrogen-bond donors (Lipinski definition) is 1. The molecule has 0 radical (unpaired) electrons. The van der Waals surface area contributed by atoms with Gasteiger partial charge in [-0.05, 0) is 57.5 Å². The summed E-state index contributed by atoms with van der Waals surface area (Å²) in [5, 5.41) is 12.4. The fraction of sp³-hybridized carbons (Fsp3) is 0.448. The second-order valence-corrected chi connectivity index (χ2v) is 11.6. The van der Waals surface area contributed by atoms with Crippen molar-refractivity contribution >= 4 is 22.6 Å². The Morgan fingerprint density at radius 3 is 2.56 bits per heavy atom. The second-order valence-electron chi connectivity index (χ2n) is 11.6. The summed E-state index contributed by atoms with van der Waals surface area (Å²) in [6.07, 6.45) is -4.07. The minimum atomic E-state index is -4.77. The van der Waals surface area contributed by atoms with Crippen molar-refractivity contribution in [2.45, 2.75) is 57.0 Å². The third kappa shape index (κ3) is 5.45. The number of fused-ring (bicyclic) bond motifs is 2. The molecule has 9 nitrogen and oxygen atoms in total. The molecule has 1 amide bonds. The van der Waals surface area contributed by atoms with Gasteiger partial charge in [0.05, 0.1) is 18.7 Å². The van der Waals surface area contributed by atoms with Crippen molar-refractivity contribution in [1.29, 1.82) is 0 Å². The van der Waals surface area contributed by atoms with Gasteiger partial charge in [-0.15, -0.1) is 10.2 Å². The molecule has 2 aliphatic heterocycles. The summed E-state index contributed by atoms with van der Waals surface area (Å²) in [6.45, 7) is 6.98. The van der Waals surface area contributed by atoms with E-state index < -0.39 is 30.0 Å². The van der Waals surface area contributed by atoms with Crippen LogP contribution in [0.3, 0.4) is 0 Å². The highest BCUT2D eigenvalue weighted by Crippen LogP contribution is 2.41. The average molecular weight is 569 g/mol. The van der Waals surface area contributed by atoms with Gasteiger partial charge in [-0.25, -0.2) is 9.78 Å². The fourth-order valence-corrected chi connectivity index (χ4v) is 5.35. The maximum atomic E-state index is 14.8. The zero-order chi connectivity index (χ0) is 28.9. The molecule has 41 heavy (non-hydrogen) atoms. The smallest absolute Gasteiger partial charge is 0.413 e. The molecule has 216 valence electrons. The third-order valence-electron chi connectivity index (χ3n) is 7.42. The number of hydrogen-bond acceptors (Lipinski definition) is 7. The minimum Gasteiger partial charge on any atom is -0.444 e. The van der Waals surface area contributed by atoms with E-state index in [1.807, 2.05) is 18.2 Å². The Labute approximate surface area is 234 Å². The van der Waals surface area contributed by atoms with E-state index in [4.69, 9.17) is 14.5 Å². The van der Waals surface area contributed by atoms with Gasteiger partial charge in [0.15, 0.2) is 17.5 Å². The monoisotopic (exact) mass is 568 g/mol. The Hall–Kier alpha value is -3.77. The number of nitrogens with one attached hydrogen (secondary N) is 1. The van der Waals surface area contributed by atoms with E-state index in [-0.39, 0.29) is 12.1 Å². The summed E-state index contributed by atoms with van der Waals surface area (Å²) in [5.41, 5.74) is 1.61. The van der Waals surface area contributed by atoms with Crippen molar-refractivity contribution in [2.75, 3.05) is 26.3 Å². The number of amides is 1. The van der Waals surface area contributed by atoms with Crippen LogP contribution < -0.4 is 5.32 Å². The maximum absolute atomic E-state index is 14.8. The molecule has 12 heteroatoms. The van der Waals surface area contributed by atoms with E-state index >= 15 is 0 Å². The van der Waals surface area contributed by atoms with Crippen molar-refractivity contribution in [3.63, 3.8) is 0 Å². The number of ether oxygens (including phenoxy) is 2. The molecular weight excluding hydrogens is 537 g/mol. The normalized spacial score (nSPS) is 18.9. The standard InChI is InChI=1S/C29H31F3N6O3/c1-28(2,3)41-27(39)38(21-10-11-33-13-21)25(29(30,31)32)19-7-9-24-35-36-26(37(24)14-19)22-8-6-17-4-5-18(12-23(17)34-22)20-15-40-16-20/h4-9,12,14,20-21,25,33H,10-11,13,15-16H2,1-3H3/t21-,25+/m0/s1. The van der Waals surface area contributed by atoms with E-state index in [0.717, 1.165) is 21.4 Å². The van der Waals surface area contributed by atoms with Crippen LogP contribution in [0.1, 0.15) is 50.3 Å². The third-order valence-corrected chi connectivity index (χ3v) is 7.42. The number of halogens is 3. The van der Waals surface area contributed by atoms with Gasteiger partial charge in [0, 0.05) is 35.7 Å². The topological polar surface area (TPSA) is 93.9 Å². The van der Waals surface area contributed by atoms with Crippen LogP contribution in [-0.2, 0) is 9.47 Å². The van der Waals surface area contributed by atoms with Crippen LogP contribution in [0.2, 0.25) is 0 Å². The molecule has 0 aliphatic carbocycles. The quantitative estimate of drug-likeness (QED) is 0.351. The molecule has 0 spiro atoms. The van der Waals surface area contributed by atoms with E-state index in [1.54, 1.807) is 26.8 Å². The Bertz CT molecular complexity index is 1590. The lowest BCUT2D eigenvalue weighted by Gasteiger charge is -2.38. The maximum Gasteiger partial charge on any atom is 0.413 e. The van der Waals surface area contributed by atoms with Crippen LogP contribution in [0, 0.1) is 0 Å². The van der Waals surface area contributed by atoms with Gasteiger partial charge in [-0.2, -0.15) is 13.2 Å². The van der Waals surface area contributed by atoms with Crippen molar-refractivity contribution in [3.05, 3.63) is 59.8 Å². The predicted octanol–water partition coefficient (Wildman–Crippen LogP) is 5.26. The van der Waals surface area contributed by atoms with Gasteiger partial charge >= 0.3 is 12.3 Å². The van der Waals surface area contributed by atoms with E-state index in [0.29, 0.717) is 49.3 Å². The number of aromatic nitrogens is 4. The van der Waals surface area contributed by atoms with Crippen molar-refractivity contribution < 1.29 is 27.4 Å². The summed E-state index contributed by atoms with van der Waals surface area (Å²) >= 11 is 0. The number of carbonyl (C=O) groups excluding carboxylic acids is 1. The predicted molar refractivity (Wildman–Crippen MR) is 145 cm³/mol. The summed E-state index contributed by atoms with van der Waals surface area (Å²) < 4.78 is 56.8. The van der Waals surface area contributed by atoms with E-state index in [9.17, 15) is 18.0 Å². The summed E-state index contributed by atoms with van der Waals surface area (Å²) in [4.78, 5) is 18.9. The van der Waals surface area contributed by atoms with Crippen LogP contribution in [0.15, 0.2) is 48.7 Å². The zero-order valence-corrected chi connectivity index (χ0v) is 23.0. The van der Waals surface area contributed by atoms with Crippen molar-refractivity contribution in [2.24, 2.45) is 0 Å². The molecule has 3 aromatic heterocycles. The minimum absolute atomic E-state index is 0.128.